The molecule has 0 unspecified atom stereocenters. The molecule has 0 bridgehead atoms. The monoisotopic (exact) mass is 291 g/mol. The smallest absolute Gasteiger partial charge is 0.408 e. The van der Waals surface area contributed by atoms with Crippen LogP contribution >= 0.6 is 0 Å². The van der Waals surface area contributed by atoms with E-state index in [1.165, 1.54) is 22.8 Å². The minimum atomic E-state index is -0.540. The Balaban J connectivity index is 2.28. The molecular weight excluding hydrogens is 274 g/mol. The SMILES string of the molecule is C=C(CNCCC)Cn1c(=O)oc2ccc([N+](=O)[O-])cc21. The predicted molar refractivity (Wildman–Crippen MR) is 79.4 cm³/mol. The van der Waals surface area contributed by atoms with E-state index in [0.29, 0.717) is 17.6 Å². The van der Waals surface area contributed by atoms with Crippen molar-refractivity contribution in [1.29, 1.82) is 0 Å². The van der Waals surface area contributed by atoms with Gasteiger partial charge in [-0.05, 0) is 24.6 Å². The van der Waals surface area contributed by atoms with Gasteiger partial charge in [-0.1, -0.05) is 13.5 Å². The normalized spacial score (nSPS) is 10.9. The van der Waals surface area contributed by atoms with Gasteiger partial charge in [-0.15, -0.1) is 0 Å². The Morgan fingerprint density at radius 3 is 2.95 bits per heavy atom. The number of rotatable bonds is 7. The van der Waals surface area contributed by atoms with Gasteiger partial charge < -0.3 is 9.73 Å². The van der Waals surface area contributed by atoms with Crippen LogP contribution < -0.4 is 11.1 Å². The van der Waals surface area contributed by atoms with E-state index in [2.05, 4.69) is 18.8 Å². The molecule has 2 rings (SSSR count). The maximum Gasteiger partial charge on any atom is 0.420 e. The number of aromatic nitrogens is 1. The molecule has 2 aromatic rings. The fourth-order valence-electron chi connectivity index (χ4n) is 2.04. The van der Waals surface area contributed by atoms with Gasteiger partial charge in [0, 0.05) is 18.7 Å². The second kappa shape index (κ2) is 6.36. The third-order valence-electron chi connectivity index (χ3n) is 3.05. The number of hydrogen-bond acceptors (Lipinski definition) is 5. The molecule has 0 spiro atoms. The summed E-state index contributed by atoms with van der Waals surface area (Å²) >= 11 is 0. The van der Waals surface area contributed by atoms with Crippen LogP contribution in [0.25, 0.3) is 11.1 Å². The molecule has 7 heteroatoms. The first-order chi connectivity index (χ1) is 10.0. The lowest BCUT2D eigenvalue weighted by Gasteiger charge is -2.07. The number of nitrogens with zero attached hydrogens (tertiary/aromatic N) is 2. The first kappa shape index (κ1) is 15.0. The van der Waals surface area contributed by atoms with Crippen molar-refractivity contribution < 1.29 is 9.34 Å². The molecule has 0 saturated heterocycles. The second-order valence-corrected chi connectivity index (χ2v) is 4.79. The summed E-state index contributed by atoms with van der Waals surface area (Å²) in [6.45, 7) is 7.69. The number of nitro groups is 1. The van der Waals surface area contributed by atoms with E-state index in [1.807, 2.05) is 0 Å². The van der Waals surface area contributed by atoms with Crippen LogP contribution in [-0.2, 0) is 6.54 Å². The summed E-state index contributed by atoms with van der Waals surface area (Å²) in [5, 5.41) is 14.0. The van der Waals surface area contributed by atoms with Crippen molar-refractivity contribution in [2.45, 2.75) is 19.9 Å². The zero-order valence-electron chi connectivity index (χ0n) is 11.8. The van der Waals surface area contributed by atoms with Gasteiger partial charge in [-0.3, -0.25) is 14.7 Å². The summed E-state index contributed by atoms with van der Waals surface area (Å²) in [5.74, 6) is -0.540. The van der Waals surface area contributed by atoms with Crippen LogP contribution in [-0.4, -0.2) is 22.6 Å². The minimum absolute atomic E-state index is 0.0771. The molecule has 1 N–H and O–H groups in total. The molecule has 1 aromatic heterocycles. The Kier molecular flexibility index (Phi) is 4.54. The van der Waals surface area contributed by atoms with Crippen molar-refractivity contribution in [2.75, 3.05) is 13.1 Å². The molecule has 1 aromatic carbocycles. The van der Waals surface area contributed by atoms with Crippen LogP contribution in [0.5, 0.6) is 0 Å². The van der Waals surface area contributed by atoms with Crippen molar-refractivity contribution in [3.63, 3.8) is 0 Å². The van der Waals surface area contributed by atoms with Crippen LogP contribution in [0, 0.1) is 10.1 Å². The number of fused-ring (bicyclic) bond motifs is 1. The van der Waals surface area contributed by atoms with E-state index in [-0.39, 0.29) is 12.2 Å². The Bertz CT molecular complexity index is 729. The van der Waals surface area contributed by atoms with Gasteiger partial charge in [0.25, 0.3) is 5.69 Å². The predicted octanol–water partition coefficient (Wildman–Crippen LogP) is 2.06. The lowest BCUT2D eigenvalue weighted by molar-refractivity contribution is -0.384. The number of oxazole rings is 1. The summed E-state index contributed by atoms with van der Waals surface area (Å²) in [6.07, 6.45) is 1.01. The highest BCUT2D eigenvalue weighted by atomic mass is 16.6. The molecule has 0 fully saturated rings. The molecular formula is C14H17N3O4. The lowest BCUT2D eigenvalue weighted by atomic mass is 10.2. The lowest BCUT2D eigenvalue weighted by Crippen LogP contribution is -2.22. The van der Waals surface area contributed by atoms with Crippen molar-refractivity contribution in [1.82, 2.24) is 9.88 Å². The molecule has 0 aliphatic carbocycles. The maximum absolute atomic E-state index is 11.9. The molecule has 1 heterocycles. The van der Waals surface area contributed by atoms with E-state index >= 15 is 0 Å². The van der Waals surface area contributed by atoms with Crippen LogP contribution in [0.2, 0.25) is 0 Å². The summed E-state index contributed by atoms with van der Waals surface area (Å²) in [6, 6.07) is 4.09. The van der Waals surface area contributed by atoms with Crippen molar-refractivity contribution in [2.24, 2.45) is 0 Å². The summed E-state index contributed by atoms with van der Waals surface area (Å²) in [7, 11) is 0. The highest BCUT2D eigenvalue weighted by Crippen LogP contribution is 2.20. The Morgan fingerprint density at radius 2 is 2.29 bits per heavy atom. The molecule has 0 aliphatic heterocycles. The summed E-state index contributed by atoms with van der Waals surface area (Å²) < 4.78 is 6.44. The van der Waals surface area contributed by atoms with Gasteiger partial charge >= 0.3 is 5.76 Å². The standard InChI is InChI=1S/C14H17N3O4/c1-3-6-15-8-10(2)9-16-12-7-11(17(19)20)4-5-13(12)21-14(16)18/h4-5,7,15H,2-3,6,8-9H2,1H3. The van der Waals surface area contributed by atoms with Gasteiger partial charge in [0.05, 0.1) is 17.0 Å². The second-order valence-electron chi connectivity index (χ2n) is 4.79. The summed E-state index contributed by atoms with van der Waals surface area (Å²) in [4.78, 5) is 22.2. The Hall–Kier alpha value is -2.41. The molecule has 0 radical (unpaired) electrons. The zero-order valence-corrected chi connectivity index (χ0v) is 11.8. The van der Waals surface area contributed by atoms with Gasteiger partial charge in [-0.25, -0.2) is 4.79 Å². The molecule has 0 saturated carbocycles. The van der Waals surface area contributed by atoms with Crippen molar-refractivity contribution >= 4 is 16.8 Å². The average molecular weight is 291 g/mol. The van der Waals surface area contributed by atoms with E-state index in [9.17, 15) is 14.9 Å². The number of hydrogen-bond donors (Lipinski definition) is 1. The number of non-ortho nitro benzene ring substituents is 1. The highest BCUT2D eigenvalue weighted by Gasteiger charge is 2.14. The van der Waals surface area contributed by atoms with Crippen LogP contribution in [0.3, 0.4) is 0 Å². The molecule has 112 valence electrons. The number of nitro benzene ring substituents is 1. The van der Waals surface area contributed by atoms with E-state index < -0.39 is 10.7 Å². The van der Waals surface area contributed by atoms with Gasteiger partial charge in [0.1, 0.15) is 0 Å². The van der Waals surface area contributed by atoms with Crippen LogP contribution in [0.1, 0.15) is 13.3 Å². The van der Waals surface area contributed by atoms with Crippen molar-refractivity contribution in [3.8, 4) is 0 Å². The van der Waals surface area contributed by atoms with Gasteiger partial charge in [0.15, 0.2) is 5.58 Å². The highest BCUT2D eigenvalue weighted by molar-refractivity contribution is 5.76. The average Bonchev–Trinajstić information content (AvgIpc) is 2.74. The van der Waals surface area contributed by atoms with Gasteiger partial charge in [-0.2, -0.15) is 0 Å². The van der Waals surface area contributed by atoms with E-state index in [0.717, 1.165) is 18.5 Å². The third kappa shape index (κ3) is 3.38. The zero-order chi connectivity index (χ0) is 15.4. The first-order valence-electron chi connectivity index (χ1n) is 6.68. The van der Waals surface area contributed by atoms with Crippen LogP contribution in [0.4, 0.5) is 5.69 Å². The minimum Gasteiger partial charge on any atom is -0.408 e. The van der Waals surface area contributed by atoms with E-state index in [4.69, 9.17) is 4.42 Å². The number of benzene rings is 1. The van der Waals surface area contributed by atoms with Crippen LogP contribution in [0.15, 0.2) is 39.6 Å². The Morgan fingerprint density at radius 1 is 1.52 bits per heavy atom. The summed E-state index contributed by atoms with van der Waals surface area (Å²) in [5.41, 5.74) is 1.47. The van der Waals surface area contributed by atoms with Gasteiger partial charge in [0.2, 0.25) is 0 Å². The molecule has 7 nitrogen and oxygen atoms in total. The third-order valence-corrected chi connectivity index (χ3v) is 3.05. The van der Waals surface area contributed by atoms with Crippen molar-refractivity contribution in [3.05, 3.63) is 51.0 Å². The van der Waals surface area contributed by atoms with E-state index in [1.54, 1.807) is 0 Å². The topological polar surface area (TPSA) is 90.3 Å². The molecule has 0 aliphatic rings. The Labute approximate surface area is 121 Å². The molecule has 0 atom stereocenters. The number of nitrogens with one attached hydrogen (secondary N) is 1. The molecule has 0 amide bonds. The first-order valence-corrected chi connectivity index (χ1v) is 6.68. The maximum atomic E-state index is 11.9. The molecule has 21 heavy (non-hydrogen) atoms. The fraction of sp³-hybridized carbons (Fsp3) is 0.357. The fourth-order valence-corrected chi connectivity index (χ4v) is 2.04. The largest absolute Gasteiger partial charge is 0.420 e. The quantitative estimate of drug-likeness (QED) is 0.365.